The van der Waals surface area contributed by atoms with Gasteiger partial charge in [-0.25, -0.2) is 9.59 Å². The Morgan fingerprint density at radius 3 is 2.07 bits per heavy atom. The maximum atomic E-state index is 13.6. The number of carbonyl (C=O) groups excluding carboxylic acids is 3. The van der Waals surface area contributed by atoms with Gasteiger partial charge in [-0.3, -0.25) is 14.6 Å². The van der Waals surface area contributed by atoms with Gasteiger partial charge in [-0.1, -0.05) is 38.5 Å². The van der Waals surface area contributed by atoms with E-state index in [2.05, 4.69) is 5.32 Å². The molecule has 4 amide bonds. The highest BCUT2D eigenvalue weighted by Crippen LogP contribution is 2.28. The third-order valence-corrected chi connectivity index (χ3v) is 6.49. The molecule has 2 aliphatic carbocycles. The molecule has 0 bridgehead atoms. The van der Waals surface area contributed by atoms with Crippen molar-refractivity contribution in [3.05, 3.63) is 0 Å². The number of nitrogens with one attached hydrogen (secondary N) is 1. The highest BCUT2D eigenvalue weighted by Gasteiger charge is 2.42. The normalized spacial score (nSPS) is 23.8. The van der Waals surface area contributed by atoms with Gasteiger partial charge in [0.15, 0.2) is 0 Å². The molecule has 1 unspecified atom stereocenters. The SMILES string of the molecule is CC(C)(C)OC(=O)N1CCCC1C(=O)N(C(=O)NC1CCCCC1)C1CCCCC1. The van der Waals surface area contributed by atoms with Crippen molar-refractivity contribution in [2.45, 2.75) is 122 Å². The third kappa shape index (κ3) is 5.88. The van der Waals surface area contributed by atoms with Crippen LogP contribution in [0, 0.1) is 0 Å². The van der Waals surface area contributed by atoms with Crippen molar-refractivity contribution in [3.8, 4) is 0 Å². The van der Waals surface area contributed by atoms with E-state index in [1.807, 2.05) is 20.8 Å². The van der Waals surface area contributed by atoms with E-state index in [1.165, 1.54) is 16.2 Å². The number of amides is 4. The molecule has 170 valence electrons. The summed E-state index contributed by atoms with van der Waals surface area (Å²) in [5.74, 6) is -0.237. The molecule has 0 spiro atoms. The minimum atomic E-state index is -0.616. The van der Waals surface area contributed by atoms with Gasteiger partial charge < -0.3 is 10.1 Å². The predicted octanol–water partition coefficient (Wildman–Crippen LogP) is 4.59. The fourth-order valence-electron chi connectivity index (χ4n) is 5.00. The minimum absolute atomic E-state index is 0.0732. The summed E-state index contributed by atoms with van der Waals surface area (Å²) in [6.07, 6.45) is 11.2. The first-order valence-corrected chi connectivity index (χ1v) is 11.9. The van der Waals surface area contributed by atoms with Crippen LogP contribution in [0.25, 0.3) is 0 Å². The summed E-state index contributed by atoms with van der Waals surface area (Å²) >= 11 is 0. The van der Waals surface area contributed by atoms with Crippen molar-refractivity contribution in [1.82, 2.24) is 15.1 Å². The van der Waals surface area contributed by atoms with Crippen molar-refractivity contribution in [1.29, 1.82) is 0 Å². The fourth-order valence-corrected chi connectivity index (χ4v) is 5.00. The number of hydrogen-bond donors (Lipinski definition) is 1. The van der Waals surface area contributed by atoms with Crippen LogP contribution in [-0.2, 0) is 9.53 Å². The summed E-state index contributed by atoms with van der Waals surface area (Å²) in [6, 6.07) is -0.805. The fraction of sp³-hybridized carbons (Fsp3) is 0.870. The van der Waals surface area contributed by atoms with Crippen LogP contribution in [0.2, 0.25) is 0 Å². The lowest BCUT2D eigenvalue weighted by Crippen LogP contribution is -2.58. The number of hydrogen-bond acceptors (Lipinski definition) is 4. The summed E-state index contributed by atoms with van der Waals surface area (Å²) in [5, 5.41) is 3.13. The topological polar surface area (TPSA) is 79.0 Å². The number of nitrogens with zero attached hydrogens (tertiary/aromatic N) is 2. The third-order valence-electron chi connectivity index (χ3n) is 6.49. The van der Waals surface area contributed by atoms with Gasteiger partial charge >= 0.3 is 12.1 Å². The van der Waals surface area contributed by atoms with Crippen LogP contribution >= 0.6 is 0 Å². The molecule has 7 heteroatoms. The van der Waals surface area contributed by atoms with Crippen molar-refractivity contribution in [2.75, 3.05) is 6.54 Å². The molecule has 7 nitrogen and oxygen atoms in total. The maximum absolute atomic E-state index is 13.6. The van der Waals surface area contributed by atoms with Gasteiger partial charge in [0.1, 0.15) is 11.6 Å². The molecule has 1 atom stereocenters. The standard InChI is InChI=1S/C23H39N3O4/c1-23(2,3)30-22(29)25-16-10-15-19(25)20(27)26(18-13-8-5-9-14-18)21(28)24-17-11-6-4-7-12-17/h17-19H,4-16H2,1-3H3,(H,24,28). The van der Waals surface area contributed by atoms with Crippen molar-refractivity contribution >= 4 is 18.0 Å². The number of carbonyl (C=O) groups is 3. The Morgan fingerprint density at radius 1 is 0.867 bits per heavy atom. The molecular weight excluding hydrogens is 382 g/mol. The van der Waals surface area contributed by atoms with Gasteiger partial charge in [0.25, 0.3) is 5.91 Å². The number of likely N-dealkylation sites (tertiary alicyclic amines) is 1. The van der Waals surface area contributed by atoms with Gasteiger partial charge in [-0.2, -0.15) is 0 Å². The van der Waals surface area contributed by atoms with Crippen LogP contribution in [0.5, 0.6) is 0 Å². The van der Waals surface area contributed by atoms with Crippen molar-refractivity contribution < 1.29 is 19.1 Å². The maximum Gasteiger partial charge on any atom is 0.410 e. The Balaban J connectivity index is 1.74. The highest BCUT2D eigenvalue weighted by molar-refractivity contribution is 5.99. The van der Waals surface area contributed by atoms with E-state index in [0.717, 1.165) is 64.2 Å². The Hall–Kier alpha value is -1.79. The number of ether oxygens (including phenoxy) is 1. The predicted molar refractivity (Wildman–Crippen MR) is 115 cm³/mol. The zero-order valence-electron chi connectivity index (χ0n) is 19.0. The summed E-state index contributed by atoms with van der Waals surface area (Å²) in [4.78, 5) is 42.6. The van der Waals surface area contributed by atoms with Crippen LogP contribution in [0.4, 0.5) is 9.59 Å². The van der Waals surface area contributed by atoms with Crippen LogP contribution in [0.1, 0.15) is 97.8 Å². The average Bonchev–Trinajstić information content (AvgIpc) is 3.18. The van der Waals surface area contributed by atoms with Crippen LogP contribution in [0.3, 0.4) is 0 Å². The van der Waals surface area contributed by atoms with E-state index < -0.39 is 17.7 Å². The van der Waals surface area contributed by atoms with Crippen LogP contribution < -0.4 is 5.32 Å². The first-order valence-electron chi connectivity index (χ1n) is 11.9. The van der Waals surface area contributed by atoms with E-state index in [9.17, 15) is 14.4 Å². The minimum Gasteiger partial charge on any atom is -0.444 e. The molecule has 1 saturated heterocycles. The number of imide groups is 1. The Labute approximate surface area is 180 Å². The first-order chi connectivity index (χ1) is 14.3. The highest BCUT2D eigenvalue weighted by atomic mass is 16.6. The van der Waals surface area contributed by atoms with Crippen molar-refractivity contribution in [2.24, 2.45) is 0 Å². The van der Waals surface area contributed by atoms with Gasteiger partial charge in [0.2, 0.25) is 0 Å². The molecule has 1 N–H and O–H groups in total. The summed E-state index contributed by atoms with van der Waals surface area (Å²) in [6.45, 7) is 5.96. The van der Waals surface area contributed by atoms with E-state index >= 15 is 0 Å². The van der Waals surface area contributed by atoms with E-state index in [4.69, 9.17) is 4.74 Å². The molecule has 0 aromatic heterocycles. The quantitative estimate of drug-likeness (QED) is 0.723. The van der Waals surface area contributed by atoms with E-state index in [0.29, 0.717) is 13.0 Å². The molecule has 0 radical (unpaired) electrons. The largest absolute Gasteiger partial charge is 0.444 e. The smallest absolute Gasteiger partial charge is 0.410 e. The van der Waals surface area contributed by atoms with E-state index in [1.54, 1.807) is 0 Å². The molecule has 30 heavy (non-hydrogen) atoms. The zero-order valence-corrected chi connectivity index (χ0v) is 19.0. The van der Waals surface area contributed by atoms with E-state index in [-0.39, 0.29) is 24.0 Å². The van der Waals surface area contributed by atoms with Gasteiger partial charge in [0.05, 0.1) is 0 Å². The molecule has 0 aromatic carbocycles. The molecule has 2 saturated carbocycles. The lowest BCUT2D eigenvalue weighted by atomic mass is 9.93. The molecule has 0 aromatic rings. The second-order valence-electron chi connectivity index (χ2n) is 10.1. The van der Waals surface area contributed by atoms with Gasteiger partial charge in [-0.05, 0) is 59.3 Å². The summed E-state index contributed by atoms with van der Waals surface area (Å²) in [7, 11) is 0. The van der Waals surface area contributed by atoms with Crippen LogP contribution in [-0.4, -0.2) is 58.1 Å². The molecule has 3 fully saturated rings. The first kappa shape index (κ1) is 22.9. The second kappa shape index (κ2) is 10.0. The molecule has 3 aliphatic rings. The number of rotatable bonds is 3. The summed E-state index contributed by atoms with van der Waals surface area (Å²) in [5.41, 5.74) is -0.616. The molecular formula is C23H39N3O4. The number of urea groups is 1. The van der Waals surface area contributed by atoms with Gasteiger partial charge in [0, 0.05) is 18.6 Å². The Morgan fingerprint density at radius 2 is 1.47 bits per heavy atom. The lowest BCUT2D eigenvalue weighted by Gasteiger charge is -2.37. The molecule has 1 aliphatic heterocycles. The zero-order chi connectivity index (χ0) is 21.7. The second-order valence-corrected chi connectivity index (χ2v) is 10.1. The molecule has 1 heterocycles. The van der Waals surface area contributed by atoms with Crippen LogP contribution in [0.15, 0.2) is 0 Å². The lowest BCUT2D eigenvalue weighted by molar-refractivity contribution is -0.135. The van der Waals surface area contributed by atoms with Gasteiger partial charge in [-0.15, -0.1) is 0 Å². The Bertz CT molecular complexity index is 618. The van der Waals surface area contributed by atoms with Crippen molar-refractivity contribution in [3.63, 3.8) is 0 Å². The molecule has 3 rings (SSSR count). The monoisotopic (exact) mass is 421 g/mol. The summed E-state index contributed by atoms with van der Waals surface area (Å²) < 4.78 is 5.52. The Kier molecular flexibility index (Phi) is 7.64. The average molecular weight is 422 g/mol.